The monoisotopic (exact) mass is 346 g/mol. The number of allylic oxidation sites excluding steroid dienone is 1. The van der Waals surface area contributed by atoms with Crippen molar-refractivity contribution >= 4 is 11.9 Å². The molecule has 1 N–H and O–H groups in total. The SMILES string of the molecule is C=C1C(=O)OC2CC3(C)C(O)CC=C(C)C3C(OC(=O)C(C)=CC)C12. The van der Waals surface area contributed by atoms with Crippen molar-refractivity contribution in [1.29, 1.82) is 0 Å². The average Bonchev–Trinajstić information content (AvgIpc) is 2.84. The van der Waals surface area contributed by atoms with Crippen molar-refractivity contribution in [3.63, 3.8) is 0 Å². The number of ether oxygens (including phenoxy) is 2. The van der Waals surface area contributed by atoms with Gasteiger partial charge in [-0.05, 0) is 33.6 Å². The molecule has 1 saturated heterocycles. The molecule has 0 amide bonds. The Bertz CT molecular complexity index is 688. The van der Waals surface area contributed by atoms with Gasteiger partial charge in [-0.3, -0.25) is 0 Å². The van der Waals surface area contributed by atoms with Gasteiger partial charge in [-0.15, -0.1) is 0 Å². The number of hydrogen-bond acceptors (Lipinski definition) is 5. The van der Waals surface area contributed by atoms with Crippen LogP contribution in [0.1, 0.15) is 40.5 Å². The molecule has 3 rings (SSSR count). The van der Waals surface area contributed by atoms with Crippen LogP contribution in [0.4, 0.5) is 0 Å². The van der Waals surface area contributed by atoms with Crippen LogP contribution in [0, 0.1) is 17.3 Å². The van der Waals surface area contributed by atoms with Crippen molar-refractivity contribution in [1.82, 2.24) is 0 Å². The zero-order valence-electron chi connectivity index (χ0n) is 15.2. The summed E-state index contributed by atoms with van der Waals surface area (Å²) in [5.41, 5.74) is 1.43. The summed E-state index contributed by atoms with van der Waals surface area (Å²) in [6.45, 7) is 11.4. The Labute approximate surface area is 148 Å². The molecule has 1 heterocycles. The molecular weight excluding hydrogens is 320 g/mol. The Kier molecular flexibility index (Phi) is 4.40. The molecule has 0 bridgehead atoms. The molecule has 136 valence electrons. The van der Waals surface area contributed by atoms with Gasteiger partial charge in [0.25, 0.3) is 0 Å². The minimum atomic E-state index is -0.573. The molecule has 0 radical (unpaired) electrons. The van der Waals surface area contributed by atoms with Crippen molar-refractivity contribution < 1.29 is 24.2 Å². The van der Waals surface area contributed by atoms with Gasteiger partial charge in [-0.1, -0.05) is 31.2 Å². The van der Waals surface area contributed by atoms with Crippen LogP contribution in [0.25, 0.3) is 0 Å². The Morgan fingerprint density at radius 2 is 2.20 bits per heavy atom. The molecule has 6 unspecified atom stereocenters. The molecule has 0 aromatic rings. The van der Waals surface area contributed by atoms with Crippen LogP contribution >= 0.6 is 0 Å². The van der Waals surface area contributed by atoms with Gasteiger partial charge in [0.2, 0.25) is 0 Å². The van der Waals surface area contributed by atoms with E-state index in [0.717, 1.165) is 5.57 Å². The second-order valence-electron chi connectivity index (χ2n) is 7.72. The molecule has 0 spiro atoms. The zero-order valence-corrected chi connectivity index (χ0v) is 15.2. The van der Waals surface area contributed by atoms with Gasteiger partial charge in [0, 0.05) is 22.5 Å². The van der Waals surface area contributed by atoms with Gasteiger partial charge in [0.05, 0.1) is 12.0 Å². The molecule has 2 aliphatic carbocycles. The lowest BCUT2D eigenvalue weighted by Crippen LogP contribution is -2.58. The highest BCUT2D eigenvalue weighted by molar-refractivity contribution is 5.91. The predicted molar refractivity (Wildman–Crippen MR) is 92.4 cm³/mol. The van der Waals surface area contributed by atoms with E-state index in [1.54, 1.807) is 19.9 Å². The third kappa shape index (κ3) is 2.65. The number of rotatable bonds is 2. The number of aliphatic hydroxyl groups is 1. The molecule has 5 nitrogen and oxygen atoms in total. The van der Waals surface area contributed by atoms with Crippen molar-refractivity contribution in [3.8, 4) is 0 Å². The molecule has 2 fully saturated rings. The second kappa shape index (κ2) is 6.13. The minimum Gasteiger partial charge on any atom is -0.458 e. The number of aliphatic hydroxyl groups excluding tert-OH is 1. The van der Waals surface area contributed by atoms with E-state index in [2.05, 4.69) is 6.58 Å². The standard InChI is InChI=1S/C20H26O5/c1-6-10(2)18(22)25-17-15-12(4)19(23)24-13(15)9-20(5)14(21)8-7-11(3)16(17)20/h6-7,13-17,21H,4,8-9H2,1-3,5H3. The fourth-order valence-electron chi connectivity index (χ4n) is 4.66. The van der Waals surface area contributed by atoms with E-state index in [0.29, 0.717) is 24.0 Å². The van der Waals surface area contributed by atoms with Crippen LogP contribution in [0.15, 0.2) is 35.5 Å². The number of carbonyl (C=O) groups is 2. The van der Waals surface area contributed by atoms with Crippen molar-refractivity contribution in [2.45, 2.75) is 58.8 Å². The highest BCUT2D eigenvalue weighted by Gasteiger charge is 2.61. The summed E-state index contributed by atoms with van der Waals surface area (Å²) in [5.74, 6) is -1.38. The molecule has 1 aliphatic heterocycles. The van der Waals surface area contributed by atoms with Crippen LogP contribution in [-0.4, -0.2) is 35.4 Å². The molecule has 6 atom stereocenters. The van der Waals surface area contributed by atoms with E-state index in [1.165, 1.54) is 0 Å². The third-order valence-corrected chi connectivity index (χ3v) is 6.27. The van der Waals surface area contributed by atoms with Gasteiger partial charge >= 0.3 is 11.9 Å². The first-order chi connectivity index (χ1) is 11.7. The molecule has 25 heavy (non-hydrogen) atoms. The topological polar surface area (TPSA) is 72.8 Å². The first-order valence-corrected chi connectivity index (χ1v) is 8.79. The van der Waals surface area contributed by atoms with Crippen LogP contribution in [0.3, 0.4) is 0 Å². The van der Waals surface area contributed by atoms with Gasteiger partial charge in [-0.2, -0.15) is 0 Å². The van der Waals surface area contributed by atoms with E-state index in [-0.39, 0.29) is 11.8 Å². The summed E-state index contributed by atoms with van der Waals surface area (Å²) < 4.78 is 11.4. The third-order valence-electron chi connectivity index (χ3n) is 6.27. The van der Waals surface area contributed by atoms with Crippen LogP contribution in [0.2, 0.25) is 0 Å². The summed E-state index contributed by atoms with van der Waals surface area (Å²) in [6, 6.07) is 0. The summed E-state index contributed by atoms with van der Waals surface area (Å²) >= 11 is 0. The summed E-state index contributed by atoms with van der Waals surface area (Å²) in [5, 5.41) is 10.7. The molecule has 1 saturated carbocycles. The number of carbonyl (C=O) groups excluding carboxylic acids is 2. The first kappa shape index (κ1) is 17.9. The number of fused-ring (bicyclic) bond motifs is 2. The van der Waals surface area contributed by atoms with E-state index in [1.807, 2.05) is 19.9 Å². The predicted octanol–water partition coefficient (Wildman–Crippen LogP) is 2.70. The molecule has 0 aromatic heterocycles. The van der Waals surface area contributed by atoms with E-state index in [4.69, 9.17) is 9.47 Å². The number of esters is 2. The van der Waals surface area contributed by atoms with Crippen LogP contribution < -0.4 is 0 Å². The Balaban J connectivity index is 2.06. The lowest BCUT2D eigenvalue weighted by molar-refractivity contribution is -0.174. The van der Waals surface area contributed by atoms with Gasteiger partial charge in [-0.25, -0.2) is 9.59 Å². The normalized spacial score (nSPS) is 40.8. The van der Waals surface area contributed by atoms with Crippen molar-refractivity contribution in [2.24, 2.45) is 17.3 Å². The molecular formula is C20H26O5. The first-order valence-electron chi connectivity index (χ1n) is 8.79. The molecule has 0 aromatic carbocycles. The largest absolute Gasteiger partial charge is 0.458 e. The summed E-state index contributed by atoms with van der Waals surface area (Å²) in [6.07, 6.45) is 3.24. The van der Waals surface area contributed by atoms with E-state index >= 15 is 0 Å². The van der Waals surface area contributed by atoms with Gasteiger partial charge in [0.1, 0.15) is 12.2 Å². The maximum atomic E-state index is 12.5. The fourth-order valence-corrected chi connectivity index (χ4v) is 4.66. The minimum absolute atomic E-state index is 0.169. The Hall–Kier alpha value is -1.88. The maximum absolute atomic E-state index is 12.5. The smallest absolute Gasteiger partial charge is 0.334 e. The van der Waals surface area contributed by atoms with E-state index in [9.17, 15) is 14.7 Å². The average molecular weight is 346 g/mol. The zero-order chi connectivity index (χ0) is 18.5. The Morgan fingerprint density at radius 3 is 2.84 bits per heavy atom. The quantitative estimate of drug-likeness (QED) is 0.473. The van der Waals surface area contributed by atoms with Gasteiger partial charge in [0.15, 0.2) is 0 Å². The van der Waals surface area contributed by atoms with Crippen LogP contribution in [-0.2, 0) is 19.1 Å². The fraction of sp³-hybridized carbons (Fsp3) is 0.600. The Morgan fingerprint density at radius 1 is 1.52 bits per heavy atom. The highest BCUT2D eigenvalue weighted by Crippen LogP contribution is 2.56. The number of hydrogen-bond donors (Lipinski definition) is 1. The second-order valence-corrected chi connectivity index (χ2v) is 7.72. The molecule has 3 aliphatic rings. The lowest BCUT2D eigenvalue weighted by Gasteiger charge is -2.53. The van der Waals surface area contributed by atoms with Gasteiger partial charge < -0.3 is 14.6 Å². The van der Waals surface area contributed by atoms with E-state index < -0.39 is 35.7 Å². The molecule has 5 heteroatoms. The summed E-state index contributed by atoms with van der Waals surface area (Å²) in [4.78, 5) is 24.5. The van der Waals surface area contributed by atoms with Crippen molar-refractivity contribution in [2.75, 3.05) is 0 Å². The summed E-state index contributed by atoms with van der Waals surface area (Å²) in [7, 11) is 0. The van der Waals surface area contributed by atoms with Crippen molar-refractivity contribution in [3.05, 3.63) is 35.5 Å². The maximum Gasteiger partial charge on any atom is 0.334 e. The highest BCUT2D eigenvalue weighted by atomic mass is 16.6. The lowest BCUT2D eigenvalue weighted by atomic mass is 9.54. The van der Waals surface area contributed by atoms with Crippen LogP contribution in [0.5, 0.6) is 0 Å².